The number of nitrogens with zero attached hydrogens (tertiary/aromatic N) is 4. The number of phenolic OH excluding ortho intramolecular Hbond substituents is 1. The summed E-state index contributed by atoms with van der Waals surface area (Å²) in [5.41, 5.74) is 2.98. The van der Waals surface area contributed by atoms with Crippen LogP contribution in [0.2, 0.25) is 0 Å². The molecule has 0 unspecified atom stereocenters. The Labute approximate surface area is 266 Å². The van der Waals surface area contributed by atoms with Crippen molar-refractivity contribution in [1.29, 1.82) is 5.26 Å². The number of halogens is 2. The number of fused-ring (bicyclic) bond motifs is 5. The number of nitrogens with one attached hydrogen (secondary N) is 1. The number of hydrogen-bond acceptors (Lipinski definition) is 6. The second-order valence-corrected chi connectivity index (χ2v) is 13.5. The first kappa shape index (κ1) is 29.2. The molecule has 5 heterocycles. The molecular formula is C37H37F2N5O2. The highest BCUT2D eigenvalue weighted by Crippen LogP contribution is 2.49. The highest BCUT2D eigenvalue weighted by Gasteiger charge is 2.48. The van der Waals surface area contributed by atoms with Crippen LogP contribution in [0.4, 0.5) is 8.78 Å². The maximum Gasteiger partial charge on any atom is 0.223 e. The standard InChI is InChI=1S/C37H37F2N5O2/c1-19-14-27-36(44(19)35-23-16-28(35)41-18-23)26-15-22(6-4-12-40)31(32-25-17-24(38)10-8-21(25)9-11-30(32)45)33(39)34(26)42-37(27)46-20(2)29-7-5-13-43(29)3/h8-11,14-15,17,20,23,28-29,35,41,45H,4-7,13,16,18H2,1-3H3/t20-,23+,28+,29-,35-/m0/s1. The Hall–Kier alpha value is -4.26. The van der Waals surface area contributed by atoms with E-state index < -0.39 is 11.6 Å². The molecule has 236 valence electrons. The molecule has 2 N–H and O–H groups in total. The molecule has 0 spiro atoms. The van der Waals surface area contributed by atoms with Crippen molar-refractivity contribution in [3.8, 4) is 28.8 Å². The maximum absolute atomic E-state index is 17.4. The van der Waals surface area contributed by atoms with Gasteiger partial charge >= 0.3 is 0 Å². The lowest BCUT2D eigenvalue weighted by atomic mass is 9.79. The van der Waals surface area contributed by atoms with Crippen molar-refractivity contribution in [3.63, 3.8) is 0 Å². The third-order valence-corrected chi connectivity index (χ3v) is 10.8. The van der Waals surface area contributed by atoms with E-state index in [1.807, 2.05) is 6.07 Å². The fourth-order valence-corrected chi connectivity index (χ4v) is 8.53. The monoisotopic (exact) mass is 621 g/mol. The molecule has 5 atom stereocenters. The van der Waals surface area contributed by atoms with Crippen LogP contribution >= 0.6 is 0 Å². The van der Waals surface area contributed by atoms with E-state index in [0.29, 0.717) is 39.6 Å². The summed E-state index contributed by atoms with van der Waals surface area (Å²) in [7, 11) is 2.11. The van der Waals surface area contributed by atoms with Crippen LogP contribution in [-0.2, 0) is 6.42 Å². The largest absolute Gasteiger partial charge is 0.507 e. The van der Waals surface area contributed by atoms with Gasteiger partial charge in [0.1, 0.15) is 23.2 Å². The fourth-order valence-electron chi connectivity index (χ4n) is 8.53. The molecule has 1 saturated carbocycles. The van der Waals surface area contributed by atoms with Gasteiger partial charge in [0.15, 0.2) is 5.82 Å². The van der Waals surface area contributed by atoms with Gasteiger partial charge < -0.3 is 19.7 Å². The van der Waals surface area contributed by atoms with Crippen LogP contribution in [0.25, 0.3) is 43.7 Å². The molecule has 5 aromatic rings. The Morgan fingerprint density at radius 1 is 1.13 bits per heavy atom. The van der Waals surface area contributed by atoms with E-state index in [1.54, 1.807) is 12.1 Å². The SMILES string of the molecule is Cc1cc2c(O[C@@H](C)[C@@H]3CCCN3C)nc3c(F)c(-c4c(O)ccc5ccc(F)cc45)c(CCC#N)cc3c2n1[C@H]1[C@H]2CN[C@@H]1C2. The molecule has 4 fully saturated rings. The quantitative estimate of drug-likeness (QED) is 0.201. The summed E-state index contributed by atoms with van der Waals surface area (Å²) in [6.45, 7) is 6.10. The third-order valence-electron chi connectivity index (χ3n) is 10.8. The van der Waals surface area contributed by atoms with Gasteiger partial charge in [-0.05, 0) is 106 Å². The molecule has 1 aliphatic carbocycles. The zero-order valence-electron chi connectivity index (χ0n) is 26.3. The summed E-state index contributed by atoms with van der Waals surface area (Å²) in [6.07, 6.45) is 3.46. The average Bonchev–Trinajstić information content (AvgIpc) is 3.83. The molecule has 0 amide bonds. The van der Waals surface area contributed by atoms with Gasteiger partial charge in [0.2, 0.25) is 5.88 Å². The number of hydrogen-bond donors (Lipinski definition) is 2. The van der Waals surface area contributed by atoms with Crippen LogP contribution in [0.3, 0.4) is 0 Å². The molecule has 4 aliphatic rings. The van der Waals surface area contributed by atoms with Gasteiger partial charge in [-0.15, -0.1) is 0 Å². The number of benzene rings is 3. The topological polar surface area (TPSA) is 86.3 Å². The van der Waals surface area contributed by atoms with Crippen LogP contribution in [0.1, 0.15) is 49.9 Å². The number of likely N-dealkylation sites (N-methyl/N-ethyl adjacent to an activating group) is 1. The highest BCUT2D eigenvalue weighted by molar-refractivity contribution is 6.10. The van der Waals surface area contributed by atoms with Crippen molar-refractivity contribution in [2.24, 2.45) is 5.92 Å². The first-order valence-electron chi connectivity index (χ1n) is 16.3. The van der Waals surface area contributed by atoms with E-state index in [1.165, 1.54) is 18.2 Å². The second-order valence-electron chi connectivity index (χ2n) is 13.5. The molecule has 2 bridgehead atoms. The van der Waals surface area contributed by atoms with Crippen LogP contribution in [0, 0.1) is 35.8 Å². The Morgan fingerprint density at radius 2 is 1.96 bits per heavy atom. The number of pyridine rings is 1. The van der Waals surface area contributed by atoms with Gasteiger partial charge in [-0.2, -0.15) is 5.26 Å². The molecule has 9 heteroatoms. The van der Waals surface area contributed by atoms with Gasteiger partial charge in [0.25, 0.3) is 0 Å². The van der Waals surface area contributed by atoms with Gasteiger partial charge in [0.05, 0.1) is 23.0 Å². The molecule has 7 nitrogen and oxygen atoms in total. The Kier molecular flexibility index (Phi) is 6.93. The summed E-state index contributed by atoms with van der Waals surface area (Å²) in [5.74, 6) is -0.392. The molecule has 46 heavy (non-hydrogen) atoms. The van der Waals surface area contributed by atoms with E-state index >= 15 is 4.39 Å². The van der Waals surface area contributed by atoms with Crippen molar-refractivity contribution in [2.75, 3.05) is 20.1 Å². The van der Waals surface area contributed by atoms with Crippen molar-refractivity contribution >= 4 is 32.6 Å². The summed E-state index contributed by atoms with van der Waals surface area (Å²) >= 11 is 0. The lowest BCUT2D eigenvalue weighted by Crippen LogP contribution is -2.39. The molecular weight excluding hydrogens is 584 g/mol. The van der Waals surface area contributed by atoms with Crippen molar-refractivity contribution in [3.05, 3.63) is 65.4 Å². The Morgan fingerprint density at radius 3 is 2.67 bits per heavy atom. The minimum Gasteiger partial charge on any atom is -0.507 e. The number of rotatable bonds is 7. The summed E-state index contributed by atoms with van der Waals surface area (Å²) < 4.78 is 41.0. The van der Waals surface area contributed by atoms with E-state index in [0.717, 1.165) is 48.9 Å². The van der Waals surface area contributed by atoms with Gasteiger partial charge in [-0.3, -0.25) is 4.90 Å². The molecule has 3 aliphatic heterocycles. The van der Waals surface area contributed by atoms with Gasteiger partial charge in [-0.25, -0.2) is 13.8 Å². The second kappa shape index (κ2) is 10.9. The van der Waals surface area contributed by atoms with Crippen LogP contribution in [0.5, 0.6) is 11.6 Å². The zero-order chi connectivity index (χ0) is 31.9. The smallest absolute Gasteiger partial charge is 0.223 e. The number of likely N-dealkylation sites (tertiary alicyclic amines) is 1. The highest BCUT2D eigenvalue weighted by atomic mass is 19.1. The number of nitriles is 1. The van der Waals surface area contributed by atoms with E-state index in [9.17, 15) is 14.8 Å². The molecule has 3 saturated heterocycles. The van der Waals surface area contributed by atoms with Crippen molar-refractivity contribution in [2.45, 2.75) is 70.2 Å². The number of aromatic hydroxyl groups is 1. The molecule has 9 rings (SSSR count). The number of aromatic nitrogens is 2. The summed E-state index contributed by atoms with van der Waals surface area (Å²) in [5, 5.41) is 27.0. The van der Waals surface area contributed by atoms with Crippen LogP contribution in [0.15, 0.2) is 42.5 Å². The Balaban J connectivity index is 1.43. The molecule has 3 aromatic carbocycles. The normalized spacial score (nSPS) is 23.3. The molecule has 2 aromatic heterocycles. The minimum atomic E-state index is -0.616. The predicted molar refractivity (Wildman–Crippen MR) is 175 cm³/mol. The Bertz CT molecular complexity index is 2070. The first-order chi connectivity index (χ1) is 22.2. The van der Waals surface area contributed by atoms with Crippen LogP contribution < -0.4 is 10.1 Å². The van der Waals surface area contributed by atoms with Gasteiger partial charge in [-0.1, -0.05) is 12.1 Å². The fraction of sp³-hybridized carbons (Fsp3) is 0.405. The van der Waals surface area contributed by atoms with Crippen molar-refractivity contribution in [1.82, 2.24) is 19.8 Å². The van der Waals surface area contributed by atoms with E-state index in [-0.39, 0.29) is 53.4 Å². The third kappa shape index (κ3) is 4.38. The maximum atomic E-state index is 17.4. The number of ether oxygens (including phenoxy) is 1. The summed E-state index contributed by atoms with van der Waals surface area (Å²) in [6, 6.07) is 14.5. The first-order valence-corrected chi connectivity index (χ1v) is 16.3. The molecule has 0 radical (unpaired) electrons. The predicted octanol–water partition coefficient (Wildman–Crippen LogP) is 7.15. The van der Waals surface area contributed by atoms with Gasteiger partial charge in [0, 0.05) is 47.3 Å². The van der Waals surface area contributed by atoms with Crippen LogP contribution in [-0.4, -0.2) is 57.9 Å². The minimum absolute atomic E-state index is 0.136. The number of aryl methyl sites for hydroxylation is 2. The average molecular weight is 622 g/mol. The van der Waals surface area contributed by atoms with Crippen molar-refractivity contribution < 1.29 is 18.6 Å². The lowest BCUT2D eigenvalue weighted by Gasteiger charge is -2.37. The lowest BCUT2D eigenvalue weighted by molar-refractivity contribution is 0.119. The zero-order valence-corrected chi connectivity index (χ0v) is 26.3. The van der Waals surface area contributed by atoms with E-state index in [4.69, 9.17) is 9.72 Å². The summed E-state index contributed by atoms with van der Waals surface area (Å²) in [4.78, 5) is 7.23. The van der Waals surface area contributed by atoms with E-state index in [2.05, 4.69) is 47.8 Å². The number of phenols is 1.